The van der Waals surface area contributed by atoms with Crippen LogP contribution in [0.1, 0.15) is 12.8 Å². The molecule has 0 radical (unpaired) electrons. The summed E-state index contributed by atoms with van der Waals surface area (Å²) in [6, 6.07) is 0. The standard InChI is InChI=1S/C7H17ClN.ClH/c1-9(2,3)7-5-4-6-8;/h4-7H2,1-3H3;1H/q+1;/p-1. The molecular weight excluding hydrogens is 169 g/mol. The molecule has 0 aliphatic heterocycles. The van der Waals surface area contributed by atoms with Crippen molar-refractivity contribution in [3.05, 3.63) is 0 Å². The van der Waals surface area contributed by atoms with E-state index in [1.54, 1.807) is 0 Å². The molecule has 0 rings (SSSR count). The minimum absolute atomic E-state index is 0. The van der Waals surface area contributed by atoms with Crippen LogP contribution in [-0.4, -0.2) is 38.1 Å². The zero-order chi connectivity index (χ0) is 7.33. The largest absolute Gasteiger partial charge is 1.00 e. The summed E-state index contributed by atoms with van der Waals surface area (Å²) < 4.78 is 1.05. The van der Waals surface area contributed by atoms with E-state index in [0.717, 1.165) is 16.8 Å². The molecule has 0 saturated heterocycles. The highest BCUT2D eigenvalue weighted by atomic mass is 35.5. The van der Waals surface area contributed by atoms with Crippen molar-refractivity contribution in [2.24, 2.45) is 0 Å². The molecule has 0 saturated carbocycles. The fourth-order valence-electron chi connectivity index (χ4n) is 0.681. The fourth-order valence-corrected chi connectivity index (χ4v) is 0.870. The van der Waals surface area contributed by atoms with Gasteiger partial charge in [0.1, 0.15) is 0 Å². The number of halogens is 2. The summed E-state index contributed by atoms with van der Waals surface area (Å²) in [7, 11) is 6.61. The molecule has 0 aliphatic carbocycles. The third-order valence-electron chi connectivity index (χ3n) is 1.21. The fraction of sp³-hybridized carbons (Fsp3) is 1.00. The minimum Gasteiger partial charge on any atom is -1.00 e. The van der Waals surface area contributed by atoms with Crippen LogP contribution in [0.4, 0.5) is 0 Å². The molecule has 0 aromatic heterocycles. The number of unbranched alkanes of at least 4 members (excludes halogenated alkanes) is 1. The number of quaternary nitrogens is 1. The topological polar surface area (TPSA) is 0 Å². The van der Waals surface area contributed by atoms with Gasteiger partial charge in [0.15, 0.2) is 0 Å². The first-order valence-electron chi connectivity index (χ1n) is 3.43. The van der Waals surface area contributed by atoms with Crippen LogP contribution in [-0.2, 0) is 0 Å². The van der Waals surface area contributed by atoms with Crippen LogP contribution in [0, 0.1) is 0 Å². The van der Waals surface area contributed by atoms with Crippen molar-refractivity contribution in [1.82, 2.24) is 0 Å². The van der Waals surface area contributed by atoms with Crippen LogP contribution in [0.15, 0.2) is 0 Å². The van der Waals surface area contributed by atoms with Crippen LogP contribution >= 0.6 is 11.6 Å². The number of alkyl halides is 1. The van der Waals surface area contributed by atoms with E-state index >= 15 is 0 Å². The second kappa shape index (κ2) is 6.26. The quantitative estimate of drug-likeness (QED) is 0.291. The molecule has 1 nitrogen and oxygen atoms in total. The highest BCUT2D eigenvalue weighted by Gasteiger charge is 2.04. The molecular formula is C7H17Cl2N. The van der Waals surface area contributed by atoms with Crippen molar-refractivity contribution < 1.29 is 16.9 Å². The Morgan fingerprint density at radius 2 is 1.60 bits per heavy atom. The van der Waals surface area contributed by atoms with Crippen LogP contribution < -0.4 is 12.4 Å². The van der Waals surface area contributed by atoms with Crippen molar-refractivity contribution in [2.45, 2.75) is 12.8 Å². The smallest absolute Gasteiger partial charge is 0.0780 e. The van der Waals surface area contributed by atoms with Crippen molar-refractivity contribution in [2.75, 3.05) is 33.6 Å². The van der Waals surface area contributed by atoms with Gasteiger partial charge in [-0.3, -0.25) is 0 Å². The Labute approximate surface area is 75.4 Å². The molecule has 0 fully saturated rings. The van der Waals surface area contributed by atoms with Crippen LogP contribution in [0.5, 0.6) is 0 Å². The Morgan fingerprint density at radius 3 is 1.90 bits per heavy atom. The maximum atomic E-state index is 5.52. The van der Waals surface area contributed by atoms with E-state index in [9.17, 15) is 0 Å². The Balaban J connectivity index is 0. The molecule has 0 amide bonds. The van der Waals surface area contributed by atoms with Crippen molar-refractivity contribution in [3.8, 4) is 0 Å². The highest BCUT2D eigenvalue weighted by Crippen LogP contribution is 1.97. The van der Waals surface area contributed by atoms with Gasteiger partial charge < -0.3 is 16.9 Å². The van der Waals surface area contributed by atoms with E-state index < -0.39 is 0 Å². The van der Waals surface area contributed by atoms with Gasteiger partial charge in [-0.15, -0.1) is 11.6 Å². The predicted octanol–water partition coefficient (Wildman–Crippen LogP) is -1.28. The Bertz CT molecular complexity index is 68.5. The number of hydrogen-bond acceptors (Lipinski definition) is 0. The second-order valence-corrected chi connectivity index (χ2v) is 3.79. The highest BCUT2D eigenvalue weighted by molar-refractivity contribution is 6.17. The molecule has 64 valence electrons. The van der Waals surface area contributed by atoms with Gasteiger partial charge in [0, 0.05) is 5.88 Å². The van der Waals surface area contributed by atoms with Gasteiger partial charge in [0.25, 0.3) is 0 Å². The maximum absolute atomic E-state index is 5.52. The summed E-state index contributed by atoms with van der Waals surface area (Å²) in [5, 5.41) is 0. The Hall–Kier alpha value is 0.540. The molecule has 0 unspecified atom stereocenters. The van der Waals surface area contributed by atoms with E-state index in [-0.39, 0.29) is 12.4 Å². The lowest BCUT2D eigenvalue weighted by Crippen LogP contribution is -3.00. The molecule has 3 heteroatoms. The molecule has 0 spiro atoms. The number of nitrogens with zero attached hydrogens (tertiary/aromatic N) is 1. The second-order valence-electron chi connectivity index (χ2n) is 3.41. The van der Waals surface area contributed by atoms with E-state index in [1.165, 1.54) is 13.0 Å². The first-order valence-corrected chi connectivity index (χ1v) is 3.96. The van der Waals surface area contributed by atoms with E-state index in [0.29, 0.717) is 0 Å². The Kier molecular flexibility index (Phi) is 8.24. The molecule has 0 aromatic rings. The monoisotopic (exact) mass is 185 g/mol. The van der Waals surface area contributed by atoms with Crippen LogP contribution in [0.3, 0.4) is 0 Å². The maximum Gasteiger partial charge on any atom is 0.0780 e. The van der Waals surface area contributed by atoms with Crippen LogP contribution in [0.2, 0.25) is 0 Å². The van der Waals surface area contributed by atoms with Gasteiger partial charge >= 0.3 is 0 Å². The molecule has 0 aliphatic rings. The summed E-state index contributed by atoms with van der Waals surface area (Å²) in [6.45, 7) is 1.23. The van der Waals surface area contributed by atoms with Gasteiger partial charge in [-0.1, -0.05) is 0 Å². The zero-order valence-electron chi connectivity index (χ0n) is 7.03. The SMILES string of the molecule is C[N+](C)(C)CCCCCl.[Cl-]. The third-order valence-corrected chi connectivity index (χ3v) is 1.48. The van der Waals surface area contributed by atoms with E-state index in [1.807, 2.05) is 0 Å². The normalized spacial score (nSPS) is 10.8. The van der Waals surface area contributed by atoms with Crippen LogP contribution in [0.25, 0.3) is 0 Å². The molecule has 0 atom stereocenters. The summed E-state index contributed by atoms with van der Waals surface area (Å²) in [6.07, 6.45) is 2.39. The van der Waals surface area contributed by atoms with Gasteiger partial charge in [-0.05, 0) is 12.8 Å². The molecule has 10 heavy (non-hydrogen) atoms. The molecule has 0 aromatic carbocycles. The molecule has 0 N–H and O–H groups in total. The zero-order valence-corrected chi connectivity index (χ0v) is 8.54. The van der Waals surface area contributed by atoms with Gasteiger partial charge in [-0.25, -0.2) is 0 Å². The third kappa shape index (κ3) is 11.4. The number of rotatable bonds is 4. The van der Waals surface area contributed by atoms with E-state index in [2.05, 4.69) is 21.1 Å². The lowest BCUT2D eigenvalue weighted by Gasteiger charge is -2.23. The number of hydrogen-bond donors (Lipinski definition) is 0. The van der Waals surface area contributed by atoms with E-state index in [4.69, 9.17) is 11.6 Å². The van der Waals surface area contributed by atoms with Crippen molar-refractivity contribution >= 4 is 11.6 Å². The average molecular weight is 186 g/mol. The van der Waals surface area contributed by atoms with Gasteiger partial charge in [0.2, 0.25) is 0 Å². The lowest BCUT2D eigenvalue weighted by molar-refractivity contribution is -0.870. The summed E-state index contributed by atoms with van der Waals surface area (Å²) in [5.74, 6) is 0.806. The Morgan fingerprint density at radius 1 is 1.10 bits per heavy atom. The summed E-state index contributed by atoms with van der Waals surface area (Å²) in [4.78, 5) is 0. The first-order chi connectivity index (χ1) is 4.06. The lowest BCUT2D eigenvalue weighted by atomic mass is 10.3. The predicted molar refractivity (Wildman–Crippen MR) is 42.9 cm³/mol. The van der Waals surface area contributed by atoms with Gasteiger partial charge in [0.05, 0.1) is 27.7 Å². The van der Waals surface area contributed by atoms with Crippen molar-refractivity contribution in [3.63, 3.8) is 0 Å². The summed E-state index contributed by atoms with van der Waals surface area (Å²) in [5.41, 5.74) is 0. The molecule has 0 heterocycles. The first kappa shape index (κ1) is 13.2. The average Bonchev–Trinajstić information content (AvgIpc) is 1.63. The van der Waals surface area contributed by atoms with Crippen molar-refractivity contribution in [1.29, 1.82) is 0 Å². The van der Waals surface area contributed by atoms with Gasteiger partial charge in [-0.2, -0.15) is 0 Å². The minimum atomic E-state index is 0. The summed E-state index contributed by atoms with van der Waals surface area (Å²) >= 11 is 5.52. The molecule has 0 bridgehead atoms.